The topological polar surface area (TPSA) is 68.7 Å². The van der Waals surface area contributed by atoms with Crippen molar-refractivity contribution in [1.82, 2.24) is 9.88 Å². The van der Waals surface area contributed by atoms with Crippen molar-refractivity contribution in [2.45, 2.75) is 56.6 Å². The maximum atomic E-state index is 14.1. The minimum absolute atomic E-state index is 0.0303. The Kier molecular flexibility index (Phi) is 5.34. The van der Waals surface area contributed by atoms with Gasteiger partial charge in [-0.15, -0.1) is 0 Å². The summed E-state index contributed by atoms with van der Waals surface area (Å²) in [6.07, 6.45) is 6.49. The Morgan fingerprint density at radius 3 is 2.79 bits per heavy atom. The van der Waals surface area contributed by atoms with Crippen LogP contribution in [-0.4, -0.2) is 51.9 Å². The number of nitrogens with zero attached hydrogens (tertiary/aromatic N) is 1. The molecule has 0 spiro atoms. The fourth-order valence-electron chi connectivity index (χ4n) is 6.52. The predicted molar refractivity (Wildman–Crippen MR) is 130 cm³/mol. The average molecular weight is 465 g/mol. The zero-order valence-electron chi connectivity index (χ0n) is 19.7. The molecule has 3 N–H and O–H groups in total. The number of H-pyrrole nitrogens is 1. The van der Waals surface area contributed by atoms with Gasteiger partial charge in [-0.25, -0.2) is 4.39 Å². The molecule has 2 aliphatic carbocycles. The molecular formula is C28H33FN2O3. The van der Waals surface area contributed by atoms with E-state index in [2.05, 4.69) is 9.88 Å². The van der Waals surface area contributed by atoms with Gasteiger partial charge >= 0.3 is 0 Å². The van der Waals surface area contributed by atoms with E-state index in [1.54, 1.807) is 25.3 Å². The number of phenolic OH excluding ortho intramolecular Hbond substituents is 1. The van der Waals surface area contributed by atoms with Gasteiger partial charge in [0.2, 0.25) is 0 Å². The molecule has 34 heavy (non-hydrogen) atoms. The van der Waals surface area contributed by atoms with Gasteiger partial charge in [0.15, 0.2) is 11.5 Å². The van der Waals surface area contributed by atoms with Crippen LogP contribution in [0.15, 0.2) is 36.4 Å². The van der Waals surface area contributed by atoms with Crippen LogP contribution in [-0.2, 0) is 19.3 Å². The average Bonchev–Trinajstić information content (AvgIpc) is 3.57. The Morgan fingerprint density at radius 1 is 1.18 bits per heavy atom. The highest BCUT2D eigenvalue weighted by molar-refractivity contribution is 5.85. The fourth-order valence-corrected chi connectivity index (χ4v) is 6.52. The summed E-state index contributed by atoms with van der Waals surface area (Å²) >= 11 is 0. The van der Waals surface area contributed by atoms with Gasteiger partial charge in [0.1, 0.15) is 5.82 Å². The van der Waals surface area contributed by atoms with Crippen molar-refractivity contribution >= 4 is 10.9 Å². The molecular weight excluding hydrogens is 431 g/mol. The number of aromatic amines is 1. The number of likely N-dealkylation sites (tertiary alicyclic amines) is 1. The number of piperidine rings is 1. The normalized spacial score (nSPS) is 26.9. The first kappa shape index (κ1) is 21.9. The lowest BCUT2D eigenvalue weighted by atomic mass is 9.65. The third kappa shape index (κ3) is 3.77. The molecule has 5 nitrogen and oxygen atoms in total. The Balaban J connectivity index is 1.32. The molecule has 2 heterocycles. The largest absolute Gasteiger partial charge is 0.504 e. The lowest BCUT2D eigenvalue weighted by Gasteiger charge is -2.54. The summed E-state index contributed by atoms with van der Waals surface area (Å²) in [6.45, 7) is 2.05. The highest BCUT2D eigenvalue weighted by atomic mass is 19.1. The van der Waals surface area contributed by atoms with E-state index in [0.717, 1.165) is 72.4 Å². The van der Waals surface area contributed by atoms with Crippen LogP contribution < -0.4 is 4.74 Å². The number of hydrogen-bond acceptors (Lipinski definition) is 4. The summed E-state index contributed by atoms with van der Waals surface area (Å²) in [5.74, 6) is 1.31. The molecule has 6 heteroatoms. The zero-order valence-corrected chi connectivity index (χ0v) is 19.7. The molecule has 1 aromatic heterocycles. The third-order valence-corrected chi connectivity index (χ3v) is 8.50. The first-order valence-corrected chi connectivity index (χ1v) is 12.6. The van der Waals surface area contributed by atoms with Gasteiger partial charge in [-0.05, 0) is 98.4 Å². The number of aromatic nitrogens is 1. The van der Waals surface area contributed by atoms with Gasteiger partial charge < -0.3 is 19.9 Å². The third-order valence-electron chi connectivity index (χ3n) is 8.50. The number of phenols is 1. The van der Waals surface area contributed by atoms with Gasteiger partial charge in [0.05, 0.1) is 12.7 Å². The molecule has 0 bridgehead atoms. The summed E-state index contributed by atoms with van der Waals surface area (Å²) < 4.78 is 19.3. The SMILES string of the molecule is COc1ccc(CC[C@H]2N(CC3CC3)CCC3Cc4[nH]c5ccc(F)cc5c4CC32O)cc1O. The van der Waals surface area contributed by atoms with Crippen molar-refractivity contribution in [2.24, 2.45) is 11.8 Å². The van der Waals surface area contributed by atoms with E-state index in [9.17, 15) is 14.6 Å². The second kappa shape index (κ2) is 8.28. The molecule has 2 unspecified atom stereocenters. The number of aryl methyl sites for hydroxylation is 1. The second-order valence-corrected chi connectivity index (χ2v) is 10.6. The first-order valence-electron chi connectivity index (χ1n) is 12.6. The minimum Gasteiger partial charge on any atom is -0.504 e. The molecule has 0 amide bonds. The summed E-state index contributed by atoms with van der Waals surface area (Å²) in [6, 6.07) is 10.5. The van der Waals surface area contributed by atoms with Crippen molar-refractivity contribution in [2.75, 3.05) is 20.2 Å². The van der Waals surface area contributed by atoms with E-state index in [1.807, 2.05) is 12.1 Å². The van der Waals surface area contributed by atoms with E-state index in [1.165, 1.54) is 18.9 Å². The Bertz CT molecular complexity index is 1220. The van der Waals surface area contributed by atoms with Gasteiger partial charge in [-0.1, -0.05) is 6.07 Å². The molecule has 1 aliphatic heterocycles. The number of ether oxygens (including phenoxy) is 1. The van der Waals surface area contributed by atoms with Crippen LogP contribution in [0.5, 0.6) is 11.5 Å². The lowest BCUT2D eigenvalue weighted by Crippen LogP contribution is -2.64. The predicted octanol–water partition coefficient (Wildman–Crippen LogP) is 4.58. The number of fused-ring (bicyclic) bond motifs is 4. The Hall–Kier alpha value is -2.57. The molecule has 2 fully saturated rings. The summed E-state index contributed by atoms with van der Waals surface area (Å²) in [5, 5.41) is 23.5. The highest BCUT2D eigenvalue weighted by Gasteiger charge is 2.52. The highest BCUT2D eigenvalue weighted by Crippen LogP contribution is 2.46. The number of halogens is 1. The van der Waals surface area contributed by atoms with Crippen LogP contribution in [0.4, 0.5) is 4.39 Å². The molecule has 1 saturated heterocycles. The summed E-state index contributed by atoms with van der Waals surface area (Å²) in [5.41, 5.74) is 3.38. The van der Waals surface area contributed by atoms with Crippen molar-refractivity contribution in [1.29, 1.82) is 0 Å². The van der Waals surface area contributed by atoms with E-state index < -0.39 is 5.60 Å². The molecule has 180 valence electrons. The number of aliphatic hydroxyl groups is 1. The monoisotopic (exact) mass is 464 g/mol. The maximum absolute atomic E-state index is 14.1. The van der Waals surface area contributed by atoms with Gasteiger partial charge in [0.25, 0.3) is 0 Å². The van der Waals surface area contributed by atoms with Crippen LogP contribution in [0.1, 0.15) is 42.5 Å². The standard InChI is InChI=1S/C28H33FN2O3/c1-34-26-8-4-17(12-25(26)32)5-9-27-28(33)15-22-21-14-20(29)6-7-23(21)30-24(22)13-19(28)10-11-31(27)16-18-2-3-18/h4,6-8,12,14,18-19,27,30,32-33H,2-3,5,9-11,13,15-16H2,1H3/t19?,27-,28?/m1/s1. The van der Waals surface area contributed by atoms with Gasteiger partial charge in [-0.3, -0.25) is 4.90 Å². The maximum Gasteiger partial charge on any atom is 0.160 e. The lowest BCUT2D eigenvalue weighted by molar-refractivity contribution is -0.129. The van der Waals surface area contributed by atoms with E-state index in [0.29, 0.717) is 12.2 Å². The number of methoxy groups -OCH3 is 1. The number of nitrogens with one attached hydrogen (secondary N) is 1. The zero-order chi connectivity index (χ0) is 23.4. The van der Waals surface area contributed by atoms with Crippen LogP contribution in [0.25, 0.3) is 10.9 Å². The number of benzene rings is 2. The van der Waals surface area contributed by atoms with E-state index in [-0.39, 0.29) is 23.5 Å². The van der Waals surface area contributed by atoms with Crippen LogP contribution >= 0.6 is 0 Å². The Labute approximate surface area is 199 Å². The summed E-state index contributed by atoms with van der Waals surface area (Å²) in [4.78, 5) is 6.03. The Morgan fingerprint density at radius 2 is 2.03 bits per heavy atom. The fraction of sp³-hybridized carbons (Fsp3) is 0.500. The smallest absolute Gasteiger partial charge is 0.160 e. The summed E-state index contributed by atoms with van der Waals surface area (Å²) in [7, 11) is 1.55. The van der Waals surface area contributed by atoms with Crippen LogP contribution in [0, 0.1) is 17.7 Å². The molecule has 3 aromatic rings. The quantitative estimate of drug-likeness (QED) is 0.499. The van der Waals surface area contributed by atoms with E-state index >= 15 is 0 Å². The van der Waals surface area contributed by atoms with Gasteiger partial charge in [-0.2, -0.15) is 0 Å². The molecule has 2 aromatic carbocycles. The molecule has 6 rings (SSSR count). The van der Waals surface area contributed by atoms with Crippen LogP contribution in [0.2, 0.25) is 0 Å². The minimum atomic E-state index is -0.851. The van der Waals surface area contributed by atoms with Crippen molar-refractivity contribution in [3.63, 3.8) is 0 Å². The number of aromatic hydroxyl groups is 1. The van der Waals surface area contributed by atoms with Crippen molar-refractivity contribution in [3.05, 3.63) is 59.0 Å². The second-order valence-electron chi connectivity index (χ2n) is 10.6. The van der Waals surface area contributed by atoms with Crippen molar-refractivity contribution < 1.29 is 19.3 Å². The first-order chi connectivity index (χ1) is 16.4. The van der Waals surface area contributed by atoms with E-state index in [4.69, 9.17) is 4.74 Å². The molecule has 0 radical (unpaired) electrons. The molecule has 3 atom stereocenters. The molecule has 3 aliphatic rings. The van der Waals surface area contributed by atoms with Gasteiger partial charge in [0, 0.05) is 35.6 Å². The van der Waals surface area contributed by atoms with Crippen LogP contribution in [0.3, 0.4) is 0 Å². The number of hydrogen-bond donors (Lipinski definition) is 3. The van der Waals surface area contributed by atoms with Crippen molar-refractivity contribution in [3.8, 4) is 11.5 Å². The molecule has 1 saturated carbocycles. The number of rotatable bonds is 6.